The van der Waals surface area contributed by atoms with Gasteiger partial charge in [0, 0.05) is 55.6 Å². The first-order valence-corrected chi connectivity index (χ1v) is 19.8. The minimum absolute atomic E-state index is 0.328. The summed E-state index contributed by atoms with van der Waals surface area (Å²) in [5, 5.41) is 19.9. The van der Waals surface area contributed by atoms with Crippen molar-refractivity contribution < 1.29 is 13.9 Å². The molecule has 0 fully saturated rings. The molecule has 2 N–H and O–H groups in total. The van der Waals surface area contributed by atoms with Crippen molar-refractivity contribution in [2.75, 3.05) is 10.2 Å². The summed E-state index contributed by atoms with van der Waals surface area (Å²) in [6.07, 6.45) is 0. The van der Waals surface area contributed by atoms with Crippen LogP contribution in [0, 0.1) is 13.8 Å². The number of phenolic OH excluding ortho intramolecular Hbond substituents is 1. The number of phenols is 1. The Labute approximate surface area is 342 Å². The lowest BCUT2D eigenvalue weighted by molar-refractivity contribution is 0.477. The van der Waals surface area contributed by atoms with E-state index in [1.807, 2.05) is 60.7 Å². The molecule has 9 aromatic carbocycles. The molecule has 5 nitrogen and oxygen atoms in total. The lowest BCUT2D eigenvalue weighted by Crippen LogP contribution is -2.11. The maximum atomic E-state index is 9.56. The van der Waals surface area contributed by atoms with Crippen LogP contribution in [0.1, 0.15) is 11.1 Å². The highest BCUT2D eigenvalue weighted by atomic mass is 16.3. The second-order valence-electron chi connectivity index (χ2n) is 14.8. The summed E-state index contributed by atoms with van der Waals surface area (Å²) in [5.74, 6) is 0.328. The van der Waals surface area contributed by atoms with Crippen LogP contribution in [0.4, 0.5) is 28.4 Å². The van der Waals surface area contributed by atoms with E-state index in [1.54, 1.807) is 6.07 Å². The molecule has 2 heterocycles. The molecule has 11 rings (SSSR count). The third-order valence-electron chi connectivity index (χ3n) is 11.1. The van der Waals surface area contributed by atoms with Crippen LogP contribution in [0.25, 0.3) is 65.8 Å². The average Bonchev–Trinajstić information content (AvgIpc) is 3.85. The van der Waals surface area contributed by atoms with Gasteiger partial charge in [0.25, 0.3) is 0 Å². The molecule has 0 aliphatic carbocycles. The minimum atomic E-state index is 0.328. The van der Waals surface area contributed by atoms with Gasteiger partial charge in [0.2, 0.25) is 0 Å². The molecule has 0 spiro atoms. The fraction of sp³-hybridized carbons (Fsp3) is 0.0370. The smallest absolute Gasteiger partial charge is 0.159 e. The number of nitrogens with one attached hydrogen (secondary N) is 1. The molecule has 0 saturated carbocycles. The Balaban J connectivity index is 0.000000276. The molecule has 0 saturated heterocycles. The Morgan fingerprint density at radius 1 is 0.441 bits per heavy atom. The zero-order chi connectivity index (χ0) is 39.9. The molecule has 59 heavy (non-hydrogen) atoms. The van der Waals surface area contributed by atoms with E-state index in [4.69, 9.17) is 8.83 Å². The molecule has 0 atom stereocenters. The Hall–Kier alpha value is -7.76. The molecule has 0 unspecified atom stereocenters. The Morgan fingerprint density at radius 3 is 1.90 bits per heavy atom. The first-order valence-electron chi connectivity index (χ1n) is 19.8. The standard InChI is InChI=1S/C42H30N2O2.C12H10O/c1-26-12-3-8-18-34(26)43-35-25-40-41(31-16-6-5-14-29(31)35)33-24-28(22-23-39(33)45-40)44(36-19-9-4-13-27(36)2)37-20-11-17-32-30-15-7-10-21-38(30)46-42(32)37;13-12-9-5-4-8-11(12)10-6-2-1-3-7-10/h3-25,43H,1-2H3;1-9,13H. The number of nitrogens with zero attached hydrogens (tertiary/aromatic N) is 1. The average molecular weight is 765 g/mol. The number of rotatable bonds is 6. The van der Waals surface area contributed by atoms with Crippen LogP contribution >= 0.6 is 0 Å². The summed E-state index contributed by atoms with van der Waals surface area (Å²) >= 11 is 0. The molecule has 0 aliphatic heterocycles. The fourth-order valence-corrected chi connectivity index (χ4v) is 8.20. The molecular formula is C54H40N2O3. The second-order valence-corrected chi connectivity index (χ2v) is 14.8. The van der Waals surface area contributed by atoms with Crippen LogP contribution in [0.2, 0.25) is 0 Å². The Bertz CT molecular complexity index is 3310. The summed E-state index contributed by atoms with van der Waals surface area (Å²) in [5.41, 5.74) is 13.0. The number of benzene rings is 9. The van der Waals surface area contributed by atoms with Crippen LogP contribution < -0.4 is 10.2 Å². The van der Waals surface area contributed by atoms with E-state index in [-0.39, 0.29) is 0 Å². The topological polar surface area (TPSA) is 61.8 Å². The molecule has 2 aromatic heterocycles. The first-order chi connectivity index (χ1) is 29.0. The highest BCUT2D eigenvalue weighted by molar-refractivity contribution is 6.22. The number of aromatic hydroxyl groups is 1. The predicted octanol–water partition coefficient (Wildman–Crippen LogP) is 15.5. The third-order valence-corrected chi connectivity index (χ3v) is 11.1. The van der Waals surface area contributed by atoms with E-state index in [0.29, 0.717) is 5.75 Å². The van der Waals surface area contributed by atoms with Crippen LogP contribution in [-0.4, -0.2) is 5.11 Å². The summed E-state index contributed by atoms with van der Waals surface area (Å²) in [4.78, 5) is 2.31. The van der Waals surface area contributed by atoms with Crippen molar-refractivity contribution in [3.63, 3.8) is 0 Å². The highest BCUT2D eigenvalue weighted by Gasteiger charge is 2.22. The Morgan fingerprint density at radius 2 is 1.08 bits per heavy atom. The zero-order valence-corrected chi connectivity index (χ0v) is 32.7. The molecule has 0 amide bonds. The van der Waals surface area contributed by atoms with Gasteiger partial charge in [0.15, 0.2) is 5.58 Å². The quantitative estimate of drug-likeness (QED) is 0.177. The summed E-state index contributed by atoms with van der Waals surface area (Å²) < 4.78 is 13.1. The van der Waals surface area contributed by atoms with Crippen molar-refractivity contribution in [1.82, 2.24) is 0 Å². The van der Waals surface area contributed by atoms with Crippen LogP contribution in [0.3, 0.4) is 0 Å². The molecule has 11 aromatic rings. The molecule has 0 aliphatic rings. The van der Waals surface area contributed by atoms with Gasteiger partial charge in [-0.25, -0.2) is 0 Å². The highest BCUT2D eigenvalue weighted by Crippen LogP contribution is 2.46. The molecule has 0 bridgehead atoms. The Kier molecular flexibility index (Phi) is 9.04. The van der Waals surface area contributed by atoms with Crippen LogP contribution in [0.15, 0.2) is 203 Å². The van der Waals surface area contributed by atoms with E-state index < -0.39 is 0 Å². The summed E-state index contributed by atoms with van der Waals surface area (Å²) in [6, 6.07) is 65.9. The van der Waals surface area contributed by atoms with Gasteiger partial charge in [-0.1, -0.05) is 140 Å². The maximum Gasteiger partial charge on any atom is 0.159 e. The van der Waals surface area contributed by atoms with Gasteiger partial charge >= 0.3 is 0 Å². The molecule has 5 heteroatoms. The van der Waals surface area contributed by atoms with Crippen molar-refractivity contribution in [1.29, 1.82) is 0 Å². The largest absolute Gasteiger partial charge is 0.507 e. The number of fused-ring (bicyclic) bond motifs is 8. The van der Waals surface area contributed by atoms with Gasteiger partial charge in [0.05, 0.1) is 11.4 Å². The number of anilines is 5. The predicted molar refractivity (Wildman–Crippen MR) is 246 cm³/mol. The molecule has 284 valence electrons. The van der Waals surface area contributed by atoms with Gasteiger partial charge in [-0.3, -0.25) is 0 Å². The van der Waals surface area contributed by atoms with E-state index in [0.717, 1.165) is 94.2 Å². The first kappa shape index (κ1) is 35.6. The maximum absolute atomic E-state index is 9.56. The lowest BCUT2D eigenvalue weighted by Gasteiger charge is -2.27. The molecule has 0 radical (unpaired) electrons. The van der Waals surface area contributed by atoms with Crippen LogP contribution in [0.5, 0.6) is 5.75 Å². The normalized spacial score (nSPS) is 11.3. The summed E-state index contributed by atoms with van der Waals surface area (Å²) in [7, 11) is 0. The number of aryl methyl sites for hydroxylation is 2. The van der Waals surface area contributed by atoms with Gasteiger partial charge < -0.3 is 24.2 Å². The monoisotopic (exact) mass is 764 g/mol. The van der Waals surface area contributed by atoms with Crippen molar-refractivity contribution in [3.05, 3.63) is 205 Å². The van der Waals surface area contributed by atoms with Crippen molar-refractivity contribution in [2.45, 2.75) is 13.8 Å². The number of para-hydroxylation sites is 5. The zero-order valence-electron chi connectivity index (χ0n) is 32.7. The summed E-state index contributed by atoms with van der Waals surface area (Å²) in [6.45, 7) is 4.28. The van der Waals surface area contributed by atoms with Gasteiger partial charge in [-0.2, -0.15) is 0 Å². The van der Waals surface area contributed by atoms with Crippen molar-refractivity contribution >= 4 is 83.1 Å². The van der Waals surface area contributed by atoms with Gasteiger partial charge in [-0.05, 0) is 84.5 Å². The van der Waals surface area contributed by atoms with Crippen molar-refractivity contribution in [3.8, 4) is 16.9 Å². The van der Waals surface area contributed by atoms with E-state index in [2.05, 4.69) is 151 Å². The van der Waals surface area contributed by atoms with E-state index in [9.17, 15) is 5.11 Å². The van der Waals surface area contributed by atoms with Gasteiger partial charge in [0.1, 0.15) is 22.5 Å². The van der Waals surface area contributed by atoms with Crippen molar-refractivity contribution in [2.24, 2.45) is 0 Å². The van der Waals surface area contributed by atoms with Gasteiger partial charge in [-0.15, -0.1) is 0 Å². The number of hydrogen-bond acceptors (Lipinski definition) is 5. The SMILES string of the molecule is Cc1ccccc1Nc1cc2oc3ccc(N(c4ccccc4C)c4cccc5c4oc4ccccc45)cc3c2c2ccccc12.Oc1ccccc1-c1ccccc1. The minimum Gasteiger partial charge on any atom is -0.507 e. The lowest BCUT2D eigenvalue weighted by atomic mass is 10.0. The molecular weight excluding hydrogens is 725 g/mol. The van der Waals surface area contributed by atoms with E-state index >= 15 is 0 Å². The van der Waals surface area contributed by atoms with E-state index in [1.165, 1.54) is 11.1 Å². The number of furan rings is 2. The van der Waals surface area contributed by atoms with Crippen LogP contribution in [-0.2, 0) is 0 Å². The number of hydrogen-bond donors (Lipinski definition) is 2. The third kappa shape index (κ3) is 6.49. The second kappa shape index (κ2) is 15.0. The fourth-order valence-electron chi connectivity index (χ4n) is 8.20.